The van der Waals surface area contributed by atoms with E-state index in [1.165, 1.54) is 0 Å². The maximum absolute atomic E-state index is 6.31. The van der Waals surface area contributed by atoms with Crippen LogP contribution in [0.1, 0.15) is 24.2 Å². The Bertz CT molecular complexity index is 568. The second-order valence-electron chi connectivity index (χ2n) is 3.84. The van der Waals surface area contributed by atoms with Gasteiger partial charge in [0.2, 0.25) is 0 Å². The Hall–Kier alpha value is -0.360. The fourth-order valence-electron chi connectivity index (χ4n) is 1.83. The molecule has 0 spiro atoms. The second kappa shape index (κ2) is 5.74. The lowest BCUT2D eigenvalue weighted by Crippen LogP contribution is -2.18. The first-order valence-electron chi connectivity index (χ1n) is 5.46. The molecule has 6 heteroatoms. The van der Waals surface area contributed by atoms with Gasteiger partial charge in [0.15, 0.2) is 0 Å². The van der Waals surface area contributed by atoms with Crippen LogP contribution in [0.5, 0.6) is 0 Å². The molecule has 0 radical (unpaired) electrons. The summed E-state index contributed by atoms with van der Waals surface area (Å²) in [5.41, 5.74) is 8.12. The van der Waals surface area contributed by atoms with Gasteiger partial charge in [0, 0.05) is 15.5 Å². The summed E-state index contributed by atoms with van der Waals surface area (Å²) in [6, 6.07) is 5.59. The fraction of sp³-hybridized carbons (Fsp3) is 0.250. The van der Waals surface area contributed by atoms with Gasteiger partial charge in [-0.05, 0) is 30.7 Å². The van der Waals surface area contributed by atoms with E-state index in [9.17, 15) is 0 Å². The van der Waals surface area contributed by atoms with E-state index >= 15 is 0 Å². The molecule has 1 aromatic carbocycles. The van der Waals surface area contributed by atoms with Crippen LogP contribution in [0, 0.1) is 0 Å². The number of aryl methyl sites for hydroxylation is 1. The van der Waals surface area contributed by atoms with E-state index in [4.69, 9.17) is 17.3 Å². The molecular formula is C12H12Br2ClN3. The molecule has 0 amide bonds. The molecule has 0 bridgehead atoms. The fourth-order valence-corrected chi connectivity index (χ4v) is 2.96. The van der Waals surface area contributed by atoms with Gasteiger partial charge in [0.1, 0.15) is 0 Å². The quantitative estimate of drug-likeness (QED) is 0.852. The molecule has 1 aromatic heterocycles. The van der Waals surface area contributed by atoms with Crippen molar-refractivity contribution in [3.8, 4) is 0 Å². The standard InChI is InChI=1S/C12H12Br2ClN3/c1-2-18-12(10(15)6-17-18)11(16)8-5-7(13)3-4-9(8)14/h3-6,11H,2,16H2,1H3. The van der Waals surface area contributed by atoms with Gasteiger partial charge in [0.05, 0.1) is 23.0 Å². The van der Waals surface area contributed by atoms with Crippen LogP contribution in [0.25, 0.3) is 0 Å². The smallest absolute Gasteiger partial charge is 0.0837 e. The van der Waals surface area contributed by atoms with Gasteiger partial charge in [-0.2, -0.15) is 5.10 Å². The van der Waals surface area contributed by atoms with Crippen LogP contribution in [0.3, 0.4) is 0 Å². The summed E-state index contributed by atoms with van der Waals surface area (Å²) in [7, 11) is 0. The third-order valence-electron chi connectivity index (χ3n) is 2.72. The lowest BCUT2D eigenvalue weighted by Gasteiger charge is -2.16. The molecule has 1 unspecified atom stereocenters. The second-order valence-corrected chi connectivity index (χ2v) is 6.01. The normalized spacial score (nSPS) is 12.7. The van der Waals surface area contributed by atoms with Crippen LogP contribution >= 0.6 is 43.5 Å². The summed E-state index contributed by atoms with van der Waals surface area (Å²) in [4.78, 5) is 0. The highest BCUT2D eigenvalue weighted by Gasteiger charge is 2.20. The first-order chi connectivity index (χ1) is 8.54. The Labute approximate surface area is 128 Å². The number of hydrogen-bond donors (Lipinski definition) is 1. The molecule has 0 saturated heterocycles. The lowest BCUT2D eigenvalue weighted by molar-refractivity contribution is 0.600. The van der Waals surface area contributed by atoms with Crippen molar-refractivity contribution in [1.29, 1.82) is 0 Å². The topological polar surface area (TPSA) is 43.8 Å². The highest BCUT2D eigenvalue weighted by Crippen LogP contribution is 2.32. The zero-order valence-electron chi connectivity index (χ0n) is 9.70. The van der Waals surface area contributed by atoms with Gasteiger partial charge < -0.3 is 5.73 Å². The zero-order valence-corrected chi connectivity index (χ0v) is 13.6. The molecule has 0 saturated carbocycles. The van der Waals surface area contributed by atoms with Gasteiger partial charge in [-0.15, -0.1) is 0 Å². The number of rotatable bonds is 3. The third kappa shape index (κ3) is 2.64. The number of benzene rings is 1. The predicted octanol–water partition coefficient (Wildman–Crippen LogP) is 4.13. The number of nitrogens with zero attached hydrogens (tertiary/aromatic N) is 2. The summed E-state index contributed by atoms with van der Waals surface area (Å²) >= 11 is 13.1. The maximum Gasteiger partial charge on any atom is 0.0837 e. The van der Waals surface area contributed by atoms with Crippen LogP contribution in [-0.2, 0) is 6.54 Å². The van der Waals surface area contributed by atoms with E-state index in [0.717, 1.165) is 26.7 Å². The van der Waals surface area contributed by atoms with Crippen molar-refractivity contribution in [1.82, 2.24) is 9.78 Å². The molecule has 96 valence electrons. The molecule has 2 rings (SSSR count). The Kier molecular flexibility index (Phi) is 4.48. The van der Waals surface area contributed by atoms with E-state index in [1.54, 1.807) is 6.20 Å². The van der Waals surface area contributed by atoms with Crippen molar-refractivity contribution >= 4 is 43.5 Å². The Balaban J connectivity index is 2.50. The van der Waals surface area contributed by atoms with Crippen LogP contribution in [0.15, 0.2) is 33.3 Å². The zero-order chi connectivity index (χ0) is 13.3. The van der Waals surface area contributed by atoms with E-state index < -0.39 is 0 Å². The summed E-state index contributed by atoms with van der Waals surface area (Å²) in [5.74, 6) is 0. The summed E-state index contributed by atoms with van der Waals surface area (Å²) < 4.78 is 3.76. The average molecular weight is 394 g/mol. The first kappa shape index (κ1) is 14.1. The average Bonchev–Trinajstić information content (AvgIpc) is 2.72. The molecule has 18 heavy (non-hydrogen) atoms. The molecule has 0 aliphatic heterocycles. The van der Waals surface area contributed by atoms with E-state index in [-0.39, 0.29) is 6.04 Å². The number of hydrogen-bond acceptors (Lipinski definition) is 2. The molecule has 3 nitrogen and oxygen atoms in total. The van der Waals surface area contributed by atoms with E-state index in [1.807, 2.05) is 29.8 Å². The Morgan fingerprint density at radius 3 is 2.83 bits per heavy atom. The van der Waals surface area contributed by atoms with Crippen LogP contribution in [0.4, 0.5) is 0 Å². The van der Waals surface area contributed by atoms with Crippen molar-refractivity contribution in [2.75, 3.05) is 0 Å². The SMILES string of the molecule is CCn1ncc(Cl)c1C(N)c1cc(Br)ccc1Br. The van der Waals surface area contributed by atoms with Crippen LogP contribution in [0.2, 0.25) is 5.02 Å². The predicted molar refractivity (Wildman–Crippen MR) is 80.8 cm³/mol. The molecule has 1 heterocycles. The van der Waals surface area contributed by atoms with Gasteiger partial charge in [0.25, 0.3) is 0 Å². The summed E-state index contributed by atoms with van der Waals surface area (Å²) in [6.45, 7) is 2.75. The minimum Gasteiger partial charge on any atom is -0.319 e. The Morgan fingerprint density at radius 2 is 2.17 bits per heavy atom. The maximum atomic E-state index is 6.31. The van der Waals surface area contributed by atoms with E-state index in [2.05, 4.69) is 37.0 Å². The van der Waals surface area contributed by atoms with Crippen molar-refractivity contribution in [2.24, 2.45) is 5.73 Å². The summed E-state index contributed by atoms with van der Waals surface area (Å²) in [5, 5.41) is 4.80. The largest absolute Gasteiger partial charge is 0.319 e. The number of halogens is 3. The molecule has 0 aliphatic rings. The van der Waals surface area contributed by atoms with E-state index in [0.29, 0.717) is 5.02 Å². The number of nitrogens with two attached hydrogens (primary N) is 1. The lowest BCUT2D eigenvalue weighted by atomic mass is 10.0. The minimum absolute atomic E-state index is 0.313. The van der Waals surface area contributed by atoms with Crippen molar-refractivity contribution in [2.45, 2.75) is 19.5 Å². The highest BCUT2D eigenvalue weighted by atomic mass is 79.9. The van der Waals surface area contributed by atoms with Gasteiger partial charge in [-0.25, -0.2) is 0 Å². The van der Waals surface area contributed by atoms with Gasteiger partial charge >= 0.3 is 0 Å². The highest BCUT2D eigenvalue weighted by molar-refractivity contribution is 9.11. The first-order valence-corrected chi connectivity index (χ1v) is 7.42. The molecule has 1 atom stereocenters. The molecular weight excluding hydrogens is 381 g/mol. The van der Waals surface area contributed by atoms with Gasteiger partial charge in [-0.3, -0.25) is 4.68 Å². The molecule has 2 N–H and O–H groups in total. The van der Waals surface area contributed by atoms with Crippen molar-refractivity contribution < 1.29 is 0 Å². The summed E-state index contributed by atoms with van der Waals surface area (Å²) in [6.07, 6.45) is 1.63. The molecule has 2 aromatic rings. The molecule has 0 fully saturated rings. The monoisotopic (exact) mass is 391 g/mol. The van der Waals surface area contributed by atoms with Crippen molar-refractivity contribution in [3.63, 3.8) is 0 Å². The van der Waals surface area contributed by atoms with Crippen LogP contribution in [-0.4, -0.2) is 9.78 Å². The number of aromatic nitrogens is 2. The van der Waals surface area contributed by atoms with Gasteiger partial charge in [-0.1, -0.05) is 43.5 Å². The van der Waals surface area contributed by atoms with Crippen LogP contribution < -0.4 is 5.73 Å². The minimum atomic E-state index is -0.313. The van der Waals surface area contributed by atoms with Crippen molar-refractivity contribution in [3.05, 3.63) is 49.6 Å². The molecule has 0 aliphatic carbocycles. The third-order valence-corrected chi connectivity index (χ3v) is 4.23. The Morgan fingerprint density at radius 1 is 1.44 bits per heavy atom.